The van der Waals surface area contributed by atoms with E-state index >= 15 is 0 Å². The molecule has 0 aliphatic heterocycles. The van der Waals surface area contributed by atoms with Gasteiger partial charge in [0.05, 0.1) is 17.7 Å². The highest BCUT2D eigenvalue weighted by Crippen LogP contribution is 2.26. The maximum Gasteiger partial charge on any atom is 0.323 e. The van der Waals surface area contributed by atoms with Crippen molar-refractivity contribution < 1.29 is 14.7 Å². The fraction of sp³-hybridized carbons (Fsp3) is 0.500. The van der Waals surface area contributed by atoms with Crippen LogP contribution in [0.25, 0.3) is 0 Å². The van der Waals surface area contributed by atoms with Crippen LogP contribution in [-0.4, -0.2) is 39.6 Å². The number of nitrogens with one attached hydrogen (secondary N) is 1. The minimum atomic E-state index is -0.985. The summed E-state index contributed by atoms with van der Waals surface area (Å²) in [5.41, 5.74) is 2.48. The monoisotopic (exact) mass is 255 g/mol. The van der Waals surface area contributed by atoms with Crippen LogP contribution in [0.5, 0.6) is 0 Å². The Balaban J connectivity index is 1.85. The normalized spacial score (nSPS) is 14.4. The lowest BCUT2D eigenvalue weighted by molar-refractivity contribution is -0.137. The van der Waals surface area contributed by atoms with Crippen LogP contribution in [0, 0.1) is 0 Å². The number of carbonyl (C=O) groups is 2. The van der Waals surface area contributed by atoms with Crippen LogP contribution in [0.15, 0.2) is 10.9 Å². The average Bonchev–Trinajstić information content (AvgIpc) is 2.99. The molecule has 17 heavy (non-hydrogen) atoms. The van der Waals surface area contributed by atoms with E-state index in [4.69, 9.17) is 5.11 Å². The van der Waals surface area contributed by atoms with Gasteiger partial charge in [-0.2, -0.15) is 0 Å². The number of hydrogen-bond acceptors (Lipinski definition) is 4. The Morgan fingerprint density at radius 2 is 2.35 bits per heavy atom. The standard InChI is InChI=1S/C10H13N3O3S/c14-9(15)4-13(8-1-2-8)10(16)11-3-7-5-17-6-12-7/h5-6,8H,1-4H2,(H,11,16)(H,14,15). The lowest BCUT2D eigenvalue weighted by Crippen LogP contribution is -2.43. The molecule has 0 unspecified atom stereocenters. The number of hydrogen-bond donors (Lipinski definition) is 2. The summed E-state index contributed by atoms with van der Waals surface area (Å²) in [6, 6.07) is -0.246. The first-order valence-corrected chi connectivity index (χ1v) is 6.24. The third kappa shape index (κ3) is 3.42. The average molecular weight is 255 g/mol. The first-order chi connectivity index (χ1) is 8.16. The van der Waals surface area contributed by atoms with Gasteiger partial charge in [-0.3, -0.25) is 4.79 Å². The van der Waals surface area contributed by atoms with Crippen molar-refractivity contribution >= 4 is 23.3 Å². The van der Waals surface area contributed by atoms with E-state index in [0.29, 0.717) is 6.54 Å². The second kappa shape index (κ2) is 5.13. The first kappa shape index (κ1) is 11.8. The van der Waals surface area contributed by atoms with E-state index in [1.165, 1.54) is 16.2 Å². The quantitative estimate of drug-likeness (QED) is 0.819. The lowest BCUT2D eigenvalue weighted by Gasteiger charge is -2.20. The maximum atomic E-state index is 11.8. The maximum absolute atomic E-state index is 11.8. The minimum Gasteiger partial charge on any atom is -0.480 e. The smallest absolute Gasteiger partial charge is 0.323 e. The molecule has 2 amide bonds. The summed E-state index contributed by atoms with van der Waals surface area (Å²) < 4.78 is 0. The Kier molecular flexibility index (Phi) is 3.58. The van der Waals surface area contributed by atoms with E-state index in [1.807, 2.05) is 5.38 Å². The van der Waals surface area contributed by atoms with Crippen molar-refractivity contribution in [1.82, 2.24) is 15.2 Å². The van der Waals surface area contributed by atoms with E-state index in [9.17, 15) is 9.59 Å². The summed E-state index contributed by atoms with van der Waals surface area (Å²) in [7, 11) is 0. The third-order valence-corrected chi connectivity index (χ3v) is 3.09. The van der Waals surface area contributed by atoms with Crippen LogP contribution < -0.4 is 5.32 Å². The van der Waals surface area contributed by atoms with E-state index in [0.717, 1.165) is 18.5 Å². The topological polar surface area (TPSA) is 82.5 Å². The van der Waals surface area contributed by atoms with Gasteiger partial charge in [0.15, 0.2) is 0 Å². The highest BCUT2D eigenvalue weighted by molar-refractivity contribution is 7.07. The molecule has 2 rings (SSSR count). The molecule has 0 radical (unpaired) electrons. The van der Waals surface area contributed by atoms with Gasteiger partial charge in [-0.05, 0) is 12.8 Å². The SMILES string of the molecule is O=C(O)CN(C(=O)NCc1cscn1)C1CC1. The molecule has 1 fully saturated rings. The van der Waals surface area contributed by atoms with Crippen molar-refractivity contribution in [3.05, 3.63) is 16.6 Å². The van der Waals surface area contributed by atoms with Crippen LogP contribution in [0.4, 0.5) is 4.79 Å². The number of thiazole rings is 1. The molecule has 92 valence electrons. The van der Waals surface area contributed by atoms with Crippen molar-refractivity contribution in [1.29, 1.82) is 0 Å². The zero-order valence-electron chi connectivity index (χ0n) is 9.13. The molecule has 1 saturated carbocycles. The number of carbonyl (C=O) groups excluding carboxylic acids is 1. The number of aromatic nitrogens is 1. The number of aliphatic carboxylic acids is 1. The number of urea groups is 1. The van der Waals surface area contributed by atoms with Crippen LogP contribution in [0.3, 0.4) is 0 Å². The fourth-order valence-corrected chi connectivity index (χ4v) is 2.05. The Morgan fingerprint density at radius 3 is 2.88 bits per heavy atom. The van der Waals surface area contributed by atoms with Gasteiger partial charge in [-0.15, -0.1) is 11.3 Å². The molecule has 0 aromatic carbocycles. The number of carboxylic acid groups (broad SMARTS) is 1. The Morgan fingerprint density at radius 1 is 1.59 bits per heavy atom. The van der Waals surface area contributed by atoms with Crippen molar-refractivity contribution in [2.75, 3.05) is 6.54 Å². The van der Waals surface area contributed by atoms with Crippen LogP contribution >= 0.6 is 11.3 Å². The van der Waals surface area contributed by atoms with Gasteiger partial charge in [-0.25, -0.2) is 9.78 Å². The molecule has 7 heteroatoms. The van der Waals surface area contributed by atoms with E-state index in [1.54, 1.807) is 5.51 Å². The molecule has 6 nitrogen and oxygen atoms in total. The number of amides is 2. The van der Waals surface area contributed by atoms with E-state index in [-0.39, 0.29) is 18.6 Å². The zero-order valence-corrected chi connectivity index (χ0v) is 9.94. The molecule has 1 heterocycles. The van der Waals surface area contributed by atoms with Crippen molar-refractivity contribution in [2.24, 2.45) is 0 Å². The van der Waals surface area contributed by atoms with Gasteiger partial charge in [0, 0.05) is 11.4 Å². The number of rotatable bonds is 5. The summed E-state index contributed by atoms with van der Waals surface area (Å²) in [5.74, 6) is -0.985. The summed E-state index contributed by atoms with van der Waals surface area (Å²) in [4.78, 5) is 27.8. The molecule has 1 aromatic rings. The molecule has 0 atom stereocenters. The Labute approximate surface area is 102 Å². The van der Waals surface area contributed by atoms with Gasteiger partial charge in [-0.1, -0.05) is 0 Å². The largest absolute Gasteiger partial charge is 0.480 e. The summed E-state index contributed by atoms with van der Waals surface area (Å²) in [5, 5.41) is 13.3. The lowest BCUT2D eigenvalue weighted by atomic mass is 10.4. The van der Waals surface area contributed by atoms with Crippen LogP contribution in [0.2, 0.25) is 0 Å². The zero-order chi connectivity index (χ0) is 12.3. The second-order valence-corrected chi connectivity index (χ2v) is 4.61. The van der Waals surface area contributed by atoms with Crippen LogP contribution in [0.1, 0.15) is 18.5 Å². The molecule has 0 saturated heterocycles. The predicted octanol–water partition coefficient (Wildman–Crippen LogP) is 0.902. The molecular weight excluding hydrogens is 242 g/mol. The summed E-state index contributed by atoms with van der Waals surface area (Å²) in [6.45, 7) is 0.0960. The molecular formula is C10H13N3O3S. The fourth-order valence-electron chi connectivity index (χ4n) is 1.49. The first-order valence-electron chi connectivity index (χ1n) is 5.30. The Hall–Kier alpha value is -1.63. The molecule has 0 spiro atoms. The van der Waals surface area contributed by atoms with Gasteiger partial charge in [0.25, 0.3) is 0 Å². The van der Waals surface area contributed by atoms with Gasteiger partial charge < -0.3 is 15.3 Å². The van der Waals surface area contributed by atoms with Crippen molar-refractivity contribution in [3.63, 3.8) is 0 Å². The molecule has 0 bridgehead atoms. The predicted molar refractivity (Wildman–Crippen MR) is 61.7 cm³/mol. The van der Waals surface area contributed by atoms with Crippen molar-refractivity contribution in [2.45, 2.75) is 25.4 Å². The highest BCUT2D eigenvalue weighted by atomic mass is 32.1. The van der Waals surface area contributed by atoms with Gasteiger partial charge in [0.1, 0.15) is 6.54 Å². The van der Waals surface area contributed by atoms with E-state index < -0.39 is 5.97 Å². The van der Waals surface area contributed by atoms with Gasteiger partial charge >= 0.3 is 12.0 Å². The van der Waals surface area contributed by atoms with Crippen molar-refractivity contribution in [3.8, 4) is 0 Å². The summed E-state index contributed by atoms with van der Waals surface area (Å²) in [6.07, 6.45) is 1.77. The van der Waals surface area contributed by atoms with E-state index in [2.05, 4.69) is 10.3 Å². The third-order valence-electron chi connectivity index (χ3n) is 2.46. The molecule has 2 N–H and O–H groups in total. The van der Waals surface area contributed by atoms with Gasteiger partial charge in [0.2, 0.25) is 0 Å². The minimum absolute atomic E-state index is 0.0848. The molecule has 1 aromatic heterocycles. The second-order valence-electron chi connectivity index (χ2n) is 3.89. The van der Waals surface area contributed by atoms with Crippen LogP contribution in [-0.2, 0) is 11.3 Å². The number of nitrogens with zero attached hydrogens (tertiary/aromatic N) is 2. The number of carboxylic acids is 1. The molecule has 1 aliphatic rings. The summed E-state index contributed by atoms with van der Waals surface area (Å²) >= 11 is 1.46. The Bertz CT molecular complexity index is 403. The highest BCUT2D eigenvalue weighted by Gasteiger charge is 2.33. The molecule has 1 aliphatic carbocycles.